The van der Waals surface area contributed by atoms with Crippen LogP contribution in [0.5, 0.6) is 5.75 Å². The third-order valence-corrected chi connectivity index (χ3v) is 6.12. The molecule has 0 radical (unpaired) electrons. The van der Waals surface area contributed by atoms with E-state index in [1.54, 1.807) is 24.5 Å². The molecule has 3 atom stereocenters. The number of phenols is 1. The molecule has 2 fully saturated rings. The largest absolute Gasteiger partial charge is 0.507 e. The maximum atomic E-state index is 14.0. The SMILES string of the molecule is CN(c1ccc(-c2cc3cnccc3cc2O)nn1)[C@H]1CC2CC(F)(F)C(C1)N2. The number of hydrogen-bond donors (Lipinski definition) is 2. The van der Waals surface area contributed by atoms with E-state index in [1.165, 1.54) is 0 Å². The van der Waals surface area contributed by atoms with Gasteiger partial charge in [0.25, 0.3) is 5.92 Å². The molecule has 2 aromatic heterocycles. The van der Waals surface area contributed by atoms with Crippen molar-refractivity contribution in [2.75, 3.05) is 11.9 Å². The number of anilines is 1. The smallest absolute Gasteiger partial charge is 0.264 e. The summed E-state index contributed by atoms with van der Waals surface area (Å²) in [5.41, 5.74) is 1.12. The van der Waals surface area contributed by atoms with Crippen LogP contribution in [0.4, 0.5) is 14.6 Å². The molecule has 1 aromatic carbocycles. The highest BCUT2D eigenvalue weighted by Crippen LogP contribution is 2.41. The van der Waals surface area contributed by atoms with Crippen molar-refractivity contribution in [1.29, 1.82) is 0 Å². The maximum absolute atomic E-state index is 14.0. The van der Waals surface area contributed by atoms with Crippen molar-refractivity contribution in [3.8, 4) is 17.0 Å². The van der Waals surface area contributed by atoms with E-state index < -0.39 is 12.0 Å². The molecule has 6 nitrogen and oxygen atoms in total. The van der Waals surface area contributed by atoms with E-state index in [0.717, 1.165) is 10.8 Å². The topological polar surface area (TPSA) is 74.2 Å². The Kier molecular flexibility index (Phi) is 4.13. The molecule has 2 aliphatic heterocycles. The Bertz CT molecular complexity index is 1060. The van der Waals surface area contributed by atoms with Crippen LogP contribution >= 0.6 is 0 Å². The van der Waals surface area contributed by atoms with Gasteiger partial charge < -0.3 is 15.3 Å². The Hall–Kier alpha value is -2.87. The van der Waals surface area contributed by atoms with Gasteiger partial charge in [0.1, 0.15) is 5.75 Å². The van der Waals surface area contributed by atoms with Gasteiger partial charge in [-0.25, -0.2) is 8.78 Å². The monoisotopic (exact) mass is 397 g/mol. The molecule has 2 aliphatic rings. The lowest BCUT2D eigenvalue weighted by atomic mass is 9.98. The van der Waals surface area contributed by atoms with Gasteiger partial charge in [-0.1, -0.05) is 0 Å². The third kappa shape index (κ3) is 3.17. The number of nitrogens with zero attached hydrogens (tertiary/aromatic N) is 4. The Morgan fingerprint density at radius 1 is 1.14 bits per heavy atom. The molecule has 2 saturated heterocycles. The molecule has 0 saturated carbocycles. The standard InChI is InChI=1S/C21H21F2N5O/c1-28(15-8-14-10-21(22,23)19(9-15)25-14)20-3-2-17(26-27-20)16-6-13-11-24-5-4-12(13)7-18(16)29/h2-7,11,14-15,19,25,29H,8-10H2,1H3/t14?,15-,19?/m0/s1. The summed E-state index contributed by atoms with van der Waals surface area (Å²) in [6.07, 6.45) is 4.35. The minimum absolute atomic E-state index is 0.0140. The fraction of sp³-hybridized carbons (Fsp3) is 0.381. The highest BCUT2D eigenvalue weighted by atomic mass is 19.3. The van der Waals surface area contributed by atoms with Crippen molar-refractivity contribution >= 4 is 16.6 Å². The fourth-order valence-corrected chi connectivity index (χ4v) is 4.51. The van der Waals surface area contributed by atoms with E-state index in [2.05, 4.69) is 20.5 Å². The highest BCUT2D eigenvalue weighted by Gasteiger charge is 2.53. The van der Waals surface area contributed by atoms with Gasteiger partial charge in [-0.05, 0) is 48.6 Å². The van der Waals surface area contributed by atoms with Crippen molar-refractivity contribution in [3.63, 3.8) is 0 Å². The predicted octanol–water partition coefficient (Wildman–Crippen LogP) is 3.36. The second-order valence-electron chi connectivity index (χ2n) is 7.99. The Labute approximate surface area is 166 Å². The Balaban J connectivity index is 1.39. The number of hydrogen-bond acceptors (Lipinski definition) is 6. The molecule has 2 bridgehead atoms. The number of rotatable bonds is 3. The summed E-state index contributed by atoms with van der Waals surface area (Å²) in [4.78, 5) is 6.04. The number of phenolic OH excluding ortho intramolecular Hbond substituents is 1. The first kappa shape index (κ1) is 18.2. The summed E-state index contributed by atoms with van der Waals surface area (Å²) in [7, 11) is 1.87. The summed E-state index contributed by atoms with van der Waals surface area (Å²) in [6, 6.07) is 8.00. The summed E-state index contributed by atoms with van der Waals surface area (Å²) in [5.74, 6) is -1.89. The van der Waals surface area contributed by atoms with Crippen molar-refractivity contribution < 1.29 is 13.9 Å². The second kappa shape index (κ2) is 6.59. The Morgan fingerprint density at radius 3 is 2.76 bits per heavy atom. The van der Waals surface area contributed by atoms with Gasteiger partial charge in [0.15, 0.2) is 5.82 Å². The van der Waals surface area contributed by atoms with E-state index >= 15 is 0 Å². The van der Waals surface area contributed by atoms with Crippen LogP contribution in [0.15, 0.2) is 42.7 Å². The van der Waals surface area contributed by atoms with E-state index in [-0.39, 0.29) is 24.3 Å². The van der Waals surface area contributed by atoms with Crippen molar-refractivity contribution in [1.82, 2.24) is 20.5 Å². The number of alkyl halides is 2. The first-order valence-corrected chi connectivity index (χ1v) is 9.68. The summed E-state index contributed by atoms with van der Waals surface area (Å²) in [6.45, 7) is 0. The van der Waals surface area contributed by atoms with E-state index in [4.69, 9.17) is 0 Å². The highest BCUT2D eigenvalue weighted by molar-refractivity contribution is 5.89. The number of benzene rings is 1. The number of halogens is 2. The number of aromatic nitrogens is 3. The minimum Gasteiger partial charge on any atom is -0.507 e. The molecular weight excluding hydrogens is 376 g/mol. The third-order valence-electron chi connectivity index (χ3n) is 6.12. The van der Waals surface area contributed by atoms with E-state index in [9.17, 15) is 13.9 Å². The van der Waals surface area contributed by atoms with Crippen molar-refractivity contribution in [2.24, 2.45) is 0 Å². The van der Waals surface area contributed by atoms with Gasteiger partial charge in [0.2, 0.25) is 0 Å². The van der Waals surface area contributed by atoms with Crippen LogP contribution in [0.3, 0.4) is 0 Å². The van der Waals surface area contributed by atoms with Gasteiger partial charge in [-0.15, -0.1) is 10.2 Å². The zero-order valence-corrected chi connectivity index (χ0v) is 15.9. The average Bonchev–Trinajstić information content (AvgIpc) is 2.93. The van der Waals surface area contributed by atoms with Crippen LogP contribution in [-0.4, -0.2) is 51.4 Å². The molecule has 4 heterocycles. The molecular formula is C21H21F2N5O. The lowest BCUT2D eigenvalue weighted by Crippen LogP contribution is -2.49. The molecule has 8 heteroatoms. The molecule has 29 heavy (non-hydrogen) atoms. The van der Waals surface area contributed by atoms with E-state index in [1.807, 2.05) is 30.1 Å². The van der Waals surface area contributed by atoms with Gasteiger partial charge in [0, 0.05) is 48.9 Å². The normalized spacial score (nSPS) is 25.3. The first-order valence-electron chi connectivity index (χ1n) is 9.68. The molecule has 3 aromatic rings. The van der Waals surface area contributed by atoms with E-state index in [0.29, 0.717) is 29.9 Å². The van der Waals surface area contributed by atoms with Gasteiger partial charge in [-0.2, -0.15) is 0 Å². The fourth-order valence-electron chi connectivity index (χ4n) is 4.51. The maximum Gasteiger partial charge on any atom is 0.264 e. The predicted molar refractivity (Wildman–Crippen MR) is 106 cm³/mol. The first-order chi connectivity index (χ1) is 13.9. The zero-order valence-electron chi connectivity index (χ0n) is 15.9. The van der Waals surface area contributed by atoms with Gasteiger partial charge in [0.05, 0.1) is 11.7 Å². The summed E-state index contributed by atoms with van der Waals surface area (Å²) in [5, 5.41) is 23.8. The molecule has 5 rings (SSSR count). The summed E-state index contributed by atoms with van der Waals surface area (Å²) < 4.78 is 28.0. The van der Waals surface area contributed by atoms with Crippen LogP contribution in [-0.2, 0) is 0 Å². The molecule has 2 N–H and O–H groups in total. The lowest BCUT2D eigenvalue weighted by Gasteiger charge is -2.36. The quantitative estimate of drug-likeness (QED) is 0.706. The van der Waals surface area contributed by atoms with Crippen molar-refractivity contribution in [2.45, 2.75) is 43.3 Å². The van der Waals surface area contributed by atoms with Crippen LogP contribution in [0.1, 0.15) is 19.3 Å². The molecule has 2 unspecified atom stereocenters. The number of fused-ring (bicyclic) bond motifs is 3. The molecule has 0 spiro atoms. The lowest BCUT2D eigenvalue weighted by molar-refractivity contribution is -0.0128. The molecule has 150 valence electrons. The van der Waals surface area contributed by atoms with Crippen LogP contribution in [0.2, 0.25) is 0 Å². The van der Waals surface area contributed by atoms with Crippen LogP contribution < -0.4 is 10.2 Å². The summed E-state index contributed by atoms with van der Waals surface area (Å²) >= 11 is 0. The van der Waals surface area contributed by atoms with Crippen LogP contribution in [0, 0.1) is 0 Å². The minimum atomic E-state index is -2.64. The van der Waals surface area contributed by atoms with Crippen LogP contribution in [0.25, 0.3) is 22.0 Å². The average molecular weight is 397 g/mol. The van der Waals surface area contributed by atoms with Gasteiger partial charge in [-0.3, -0.25) is 4.98 Å². The zero-order chi connectivity index (χ0) is 20.2. The number of nitrogens with one attached hydrogen (secondary N) is 1. The van der Waals surface area contributed by atoms with Gasteiger partial charge >= 0.3 is 0 Å². The Morgan fingerprint density at radius 2 is 2.00 bits per heavy atom. The number of aromatic hydroxyl groups is 1. The number of piperidine rings is 1. The molecule has 0 aliphatic carbocycles. The second-order valence-corrected chi connectivity index (χ2v) is 7.99. The van der Waals surface area contributed by atoms with Crippen molar-refractivity contribution in [3.05, 3.63) is 42.7 Å². The number of pyridine rings is 1. The molecule has 0 amide bonds.